The van der Waals surface area contributed by atoms with Gasteiger partial charge in [-0.15, -0.1) is 0 Å². The molecule has 105 heavy (non-hydrogen) atoms. The molecular weight excluding hydrogens is 1610 g/mol. The molecule has 4 N–H and O–H groups in total. The minimum absolute atomic E-state index is 0. The maximum Gasteiger partial charge on any atom is 0.496 e. The van der Waals surface area contributed by atoms with Crippen molar-refractivity contribution >= 4 is 123 Å². The van der Waals surface area contributed by atoms with Crippen LogP contribution in [0.5, 0.6) is 23.3 Å². The minimum Gasteiger partial charge on any atom is -0.491 e. The van der Waals surface area contributed by atoms with E-state index < -0.39 is 7.12 Å². The van der Waals surface area contributed by atoms with E-state index in [0.717, 1.165) is 74.6 Å². The fraction of sp³-hybridized carbons (Fsp3) is 0.274. The number of nitrogens with two attached hydrogens (primary N) is 1. The second-order valence-electron chi connectivity index (χ2n) is 23.8. The summed E-state index contributed by atoms with van der Waals surface area (Å²) in [7, 11) is 5.79. The number of alkyl halides is 1. The Balaban J connectivity index is 0.000000181. The van der Waals surface area contributed by atoms with Crippen LogP contribution in [0, 0.1) is 34.0 Å². The number of H-pyrrole nitrogens is 2. The number of hydrogen-bond donors (Lipinski definition) is 3. The lowest BCUT2D eigenvalue weighted by Crippen LogP contribution is -2.41. The van der Waals surface area contributed by atoms with Gasteiger partial charge in [-0.05, 0) is 141 Å². The fourth-order valence-corrected chi connectivity index (χ4v) is 12.1. The van der Waals surface area contributed by atoms with Crippen molar-refractivity contribution in [2.45, 2.75) is 105 Å². The maximum atomic E-state index is 12.8. The van der Waals surface area contributed by atoms with Crippen LogP contribution in [-0.4, -0.2) is 120 Å². The van der Waals surface area contributed by atoms with Crippen LogP contribution < -0.4 is 44.8 Å². The summed E-state index contributed by atoms with van der Waals surface area (Å²) < 4.78 is 38.8. The molecular formula is C73H76BBr4N17O10. The Hall–Kier alpha value is -10.5. The largest absolute Gasteiger partial charge is 0.496 e. The van der Waals surface area contributed by atoms with Crippen molar-refractivity contribution in [2.75, 3.05) is 48.9 Å². The molecule has 544 valence electrons. The van der Waals surface area contributed by atoms with E-state index in [9.17, 15) is 19.2 Å². The molecule has 0 atom stereocenters. The highest BCUT2D eigenvalue weighted by Crippen LogP contribution is 2.39. The van der Waals surface area contributed by atoms with Gasteiger partial charge in [0, 0.05) is 95.6 Å². The lowest BCUT2D eigenvalue weighted by Gasteiger charge is -2.32. The molecule has 0 aliphatic carbocycles. The summed E-state index contributed by atoms with van der Waals surface area (Å²) in [5.74, 6) is 2.01. The number of carbonyl (C=O) groups is 4. The number of aromatic nitrogens is 10. The Kier molecular flexibility index (Phi) is 29.4. The molecule has 0 saturated carbocycles. The van der Waals surface area contributed by atoms with Gasteiger partial charge in [-0.1, -0.05) is 84.1 Å². The zero-order chi connectivity index (χ0) is 75.4. The van der Waals surface area contributed by atoms with Crippen LogP contribution in [0.1, 0.15) is 119 Å². The van der Waals surface area contributed by atoms with Crippen molar-refractivity contribution < 1.29 is 47.4 Å². The Labute approximate surface area is 642 Å². The average molecular weight is 1680 g/mol. The zero-order valence-corrected chi connectivity index (χ0v) is 64.7. The van der Waals surface area contributed by atoms with Crippen molar-refractivity contribution in [3.8, 4) is 52.6 Å². The number of aromatic amines is 2. The van der Waals surface area contributed by atoms with Gasteiger partial charge in [-0.25, -0.2) is 9.97 Å². The van der Waals surface area contributed by atoms with E-state index in [4.69, 9.17) is 49.8 Å². The normalized spacial score (nSPS) is 13.5. The number of benzene rings is 4. The number of ether oxygens (including phenoxy) is 4. The number of Topliss-reactive ketones (excluding diaryl/α,β-unsaturated/α-hetero) is 1. The number of nitrogens with zero attached hydrogens (tertiary/aromatic N) is 14. The van der Waals surface area contributed by atoms with Gasteiger partial charge in [-0.2, -0.15) is 36.2 Å². The van der Waals surface area contributed by atoms with Gasteiger partial charge in [0.05, 0.1) is 125 Å². The monoisotopic (exact) mass is 1680 g/mol. The van der Waals surface area contributed by atoms with E-state index in [-0.39, 0.29) is 55.2 Å². The Morgan fingerprint density at radius 1 is 0.590 bits per heavy atom. The third-order valence-corrected chi connectivity index (χ3v) is 18.5. The molecule has 1 saturated heterocycles. The molecule has 10 heterocycles. The number of nitrogen functional groups attached to an aromatic ring is 1. The maximum absolute atomic E-state index is 12.8. The van der Waals surface area contributed by atoms with Gasteiger partial charge < -0.3 is 48.7 Å². The van der Waals surface area contributed by atoms with Gasteiger partial charge in [0.25, 0.3) is 29.5 Å². The first kappa shape index (κ1) is 81.8. The van der Waals surface area contributed by atoms with Gasteiger partial charge >= 0.3 is 7.12 Å². The predicted molar refractivity (Wildman–Crippen MR) is 412 cm³/mol. The van der Waals surface area contributed by atoms with Crippen LogP contribution in [0.3, 0.4) is 0 Å². The third kappa shape index (κ3) is 20.5. The van der Waals surface area contributed by atoms with Crippen LogP contribution in [0.25, 0.3) is 11.1 Å². The molecule has 0 bridgehead atoms. The molecule has 0 unspecified atom stereocenters. The van der Waals surface area contributed by atoms with Crippen LogP contribution in [0.4, 0.5) is 22.7 Å². The summed E-state index contributed by atoms with van der Waals surface area (Å²) in [6.07, 6.45) is 17.2. The number of methoxy groups -OCH3 is 4. The van der Waals surface area contributed by atoms with Gasteiger partial charge in [0.2, 0.25) is 0 Å². The first-order chi connectivity index (χ1) is 49.8. The molecule has 3 amide bonds. The molecule has 32 heteroatoms. The summed E-state index contributed by atoms with van der Waals surface area (Å²) in [5, 5.41) is 46.6. The van der Waals surface area contributed by atoms with Gasteiger partial charge in [0.15, 0.2) is 17.3 Å². The van der Waals surface area contributed by atoms with Crippen LogP contribution in [-0.2, 0) is 47.4 Å². The van der Waals surface area contributed by atoms with E-state index in [0.29, 0.717) is 77.3 Å². The smallest absolute Gasteiger partial charge is 0.491 e. The Morgan fingerprint density at radius 3 is 1.48 bits per heavy atom. The van der Waals surface area contributed by atoms with Crippen molar-refractivity contribution in [2.24, 2.45) is 0 Å². The number of hydrogen-bond acceptors (Lipinski definition) is 20. The number of anilines is 4. The number of nitrogens with one attached hydrogen (secondary N) is 2. The number of fused-ring (bicyclic) bond motifs is 3. The molecule has 27 nitrogen and oxygen atoms in total. The van der Waals surface area contributed by atoms with Crippen molar-refractivity contribution in [3.05, 3.63) is 205 Å². The number of pyridine rings is 2. The summed E-state index contributed by atoms with van der Waals surface area (Å²) in [6, 6.07) is 32.4. The summed E-state index contributed by atoms with van der Waals surface area (Å²) in [5.41, 5.74) is 16.8. The topological polar surface area (TPSA) is 350 Å². The average Bonchev–Trinajstić information content (AvgIpc) is 1.68. The first-order valence-electron chi connectivity index (χ1n) is 31.8. The Morgan fingerprint density at radius 2 is 1.05 bits per heavy atom. The van der Waals surface area contributed by atoms with E-state index in [1.165, 1.54) is 9.36 Å². The molecule has 1 fully saturated rings. The van der Waals surface area contributed by atoms with E-state index in [2.05, 4.69) is 104 Å². The summed E-state index contributed by atoms with van der Waals surface area (Å²) in [6.45, 7) is 13.4. The number of carbonyl (C=O) groups excluding carboxylic acids is 4. The molecule has 4 aromatic carbocycles. The van der Waals surface area contributed by atoms with Crippen molar-refractivity contribution in [3.63, 3.8) is 0 Å². The summed E-state index contributed by atoms with van der Waals surface area (Å²) in [4.78, 5) is 61.7. The fourth-order valence-electron chi connectivity index (χ4n) is 10.4. The SMILES string of the molecule is C.CC(=O)c1ccc(Br)cc1CBr.CCC#N.COc1cc(-c2ccc3c(c2)CN(c2cnn(CC#N)c2)C3=O)cnc1OC.COc1cc(B2OC(C)(C)C(C)(C)O2)cnc1OC.N#CCn1cc(N2Cc3cc(Br)ccc3C2=O)cn1.Nc1cn[nH]c1.O=C1c2ccc(Br)cc2CN1c1cn[nH]c1. The standard InChI is InChI=1S/C20H17N5O3.C13H20BNO4.C13H9BrN4O.C11H8BrN3O.C9H8Br2O.C3H5N3.C3H5N.CH4/c1-27-18-8-14(9-22-19(18)28-2)13-3-4-17-15(7-13)11-25(20(17)26)16-10-23-24(12-16)6-5-21;1-12(2)13(3,4)19-14(18-12)9-7-10(16-5)11(17-6)15-8-9;14-10-1-2-12-9(5-10)7-18(13(12)19)11-6-16-17(8-11)4-3-15;12-8-1-2-10-7(3-8)6-15(11(10)16)9-4-13-14-5-9;1-6(12)9-3-2-8(11)4-7(9)5-10;4-3-1-5-6-2-3;1-2-3-4;/h3-4,7-10,12H,6,11H2,1-2H3;7-8H,1-6H3;1-2,5-6,8H,4,7H2;1-5H,6H2,(H,13,14);2-4H,5H2,1H3;1-2H,4H2,(H,5,6);2H2,1H3;1H4. The Bertz CT molecular complexity index is 4790. The number of ketones is 1. The molecule has 0 radical (unpaired) electrons. The molecule has 6 aromatic heterocycles. The molecule has 4 aliphatic rings. The lowest BCUT2D eigenvalue weighted by molar-refractivity contribution is 0.00578. The minimum atomic E-state index is -0.447. The molecule has 10 aromatic rings. The van der Waals surface area contributed by atoms with Gasteiger partial charge in [-0.3, -0.25) is 38.7 Å². The molecule has 14 rings (SSSR count). The van der Waals surface area contributed by atoms with E-state index >= 15 is 0 Å². The number of nitriles is 3. The number of rotatable bonds is 13. The highest BCUT2D eigenvalue weighted by molar-refractivity contribution is 9.11. The van der Waals surface area contributed by atoms with Crippen LogP contribution in [0.15, 0.2) is 160 Å². The van der Waals surface area contributed by atoms with E-state index in [1.54, 1.807) is 112 Å². The van der Waals surface area contributed by atoms with Gasteiger partial charge in [0.1, 0.15) is 13.1 Å². The van der Waals surface area contributed by atoms with Crippen molar-refractivity contribution in [1.82, 2.24) is 49.9 Å². The second kappa shape index (κ2) is 37.8. The highest BCUT2D eigenvalue weighted by atomic mass is 79.9. The first-order valence-corrected chi connectivity index (χ1v) is 35.3. The highest BCUT2D eigenvalue weighted by Gasteiger charge is 2.52. The van der Waals surface area contributed by atoms with Crippen LogP contribution >= 0.6 is 63.7 Å². The van der Waals surface area contributed by atoms with E-state index in [1.807, 2.05) is 138 Å². The second-order valence-corrected chi connectivity index (χ2v) is 27.1. The third-order valence-electron chi connectivity index (χ3n) is 16.4. The molecule has 4 aliphatic heterocycles. The quantitative estimate of drug-likeness (QED) is 0.0548. The predicted octanol–water partition coefficient (Wildman–Crippen LogP) is 13.8. The number of amides is 3. The van der Waals surface area contributed by atoms with Crippen molar-refractivity contribution in [1.29, 1.82) is 15.8 Å². The lowest BCUT2D eigenvalue weighted by atomic mass is 9.80. The summed E-state index contributed by atoms with van der Waals surface area (Å²) >= 11 is 13.5. The van der Waals surface area contributed by atoms with Crippen LogP contribution in [0.2, 0.25) is 0 Å². The molecule has 0 spiro atoms. The zero-order valence-electron chi connectivity index (χ0n) is 58.3. The number of halogens is 4.